The monoisotopic (exact) mass is 454 g/mol. The summed E-state index contributed by atoms with van der Waals surface area (Å²) in [5, 5.41) is 9.92. The average Bonchev–Trinajstić information content (AvgIpc) is 2.78. The Morgan fingerprint density at radius 1 is 0.824 bits per heavy atom. The van der Waals surface area contributed by atoms with Gasteiger partial charge in [0.05, 0.1) is 12.7 Å². The number of carbonyl (C=O) groups is 1. The molecule has 4 rings (SSSR count). The zero-order valence-electron chi connectivity index (χ0n) is 20.8. The van der Waals surface area contributed by atoms with Crippen LogP contribution in [-0.2, 0) is 4.74 Å². The molecule has 0 spiro atoms. The van der Waals surface area contributed by atoms with Crippen LogP contribution in [0.3, 0.4) is 0 Å². The van der Waals surface area contributed by atoms with Crippen molar-refractivity contribution in [2.75, 3.05) is 7.11 Å². The normalized spacial score (nSPS) is 16.7. The van der Waals surface area contributed by atoms with Gasteiger partial charge in [0.2, 0.25) is 0 Å². The van der Waals surface area contributed by atoms with Crippen LogP contribution in [0.5, 0.6) is 5.75 Å². The molecular formula is C31H34O3. The fourth-order valence-electron chi connectivity index (χ4n) is 5.87. The number of hydrogen-bond acceptors (Lipinski definition) is 3. The Balaban J connectivity index is 1.95. The fourth-order valence-corrected chi connectivity index (χ4v) is 5.87. The molecule has 0 saturated heterocycles. The van der Waals surface area contributed by atoms with E-state index in [-0.39, 0.29) is 22.5 Å². The Morgan fingerprint density at radius 3 is 2.00 bits per heavy atom. The van der Waals surface area contributed by atoms with E-state index in [0.717, 1.165) is 47.1 Å². The summed E-state index contributed by atoms with van der Waals surface area (Å²) in [5.74, 6) is -0.104. The van der Waals surface area contributed by atoms with Gasteiger partial charge in [-0.2, -0.15) is 0 Å². The second-order valence-electron chi connectivity index (χ2n) is 11.0. The third-order valence-corrected chi connectivity index (χ3v) is 6.65. The summed E-state index contributed by atoms with van der Waals surface area (Å²) in [5.41, 5.74) is 7.31. The largest absolute Gasteiger partial charge is 0.508 e. The van der Waals surface area contributed by atoms with Gasteiger partial charge in [-0.3, -0.25) is 0 Å². The summed E-state index contributed by atoms with van der Waals surface area (Å²) < 4.78 is 5.18. The number of phenols is 1. The van der Waals surface area contributed by atoms with Crippen molar-refractivity contribution in [1.82, 2.24) is 0 Å². The number of aromatic hydroxyl groups is 1. The first-order valence-corrected chi connectivity index (χ1v) is 11.9. The van der Waals surface area contributed by atoms with Crippen molar-refractivity contribution in [3.8, 4) is 16.9 Å². The van der Waals surface area contributed by atoms with Gasteiger partial charge in [-0.15, -0.1) is 0 Å². The molecule has 1 N–H and O–H groups in total. The van der Waals surface area contributed by atoms with Crippen LogP contribution in [0.2, 0.25) is 0 Å². The van der Waals surface area contributed by atoms with E-state index >= 15 is 0 Å². The van der Waals surface area contributed by atoms with Crippen molar-refractivity contribution >= 4 is 11.5 Å². The van der Waals surface area contributed by atoms with Gasteiger partial charge in [-0.1, -0.05) is 87.9 Å². The van der Waals surface area contributed by atoms with Gasteiger partial charge >= 0.3 is 5.97 Å². The number of rotatable bonds is 4. The number of benzene rings is 3. The van der Waals surface area contributed by atoms with Gasteiger partial charge < -0.3 is 9.84 Å². The SMILES string of the molecule is COC(=O)c1cc(C(=C2CC(C)(C)CC(C)(C)C2)c2ccc(O)cc2)ccc1-c1ccccc1. The van der Waals surface area contributed by atoms with Crippen LogP contribution in [0, 0.1) is 10.8 Å². The quantitative estimate of drug-likeness (QED) is 0.408. The lowest BCUT2D eigenvalue weighted by Gasteiger charge is -2.43. The highest BCUT2D eigenvalue weighted by Crippen LogP contribution is 2.51. The zero-order valence-corrected chi connectivity index (χ0v) is 20.8. The molecule has 0 atom stereocenters. The molecule has 176 valence electrons. The molecule has 3 aromatic carbocycles. The van der Waals surface area contributed by atoms with Crippen LogP contribution in [0.1, 0.15) is 68.4 Å². The number of methoxy groups -OCH3 is 1. The summed E-state index contributed by atoms with van der Waals surface area (Å²) >= 11 is 0. The van der Waals surface area contributed by atoms with Crippen molar-refractivity contribution in [2.24, 2.45) is 10.8 Å². The van der Waals surface area contributed by atoms with Crippen molar-refractivity contribution < 1.29 is 14.6 Å². The third kappa shape index (κ3) is 5.09. The Morgan fingerprint density at radius 2 is 1.41 bits per heavy atom. The number of ether oxygens (including phenoxy) is 1. The molecule has 0 heterocycles. The third-order valence-electron chi connectivity index (χ3n) is 6.65. The maximum Gasteiger partial charge on any atom is 0.338 e. The van der Waals surface area contributed by atoms with Crippen LogP contribution in [-0.4, -0.2) is 18.2 Å². The van der Waals surface area contributed by atoms with Gasteiger partial charge in [0.1, 0.15) is 5.75 Å². The van der Waals surface area contributed by atoms with Crippen molar-refractivity contribution in [3.63, 3.8) is 0 Å². The molecule has 0 aliphatic heterocycles. The van der Waals surface area contributed by atoms with Gasteiger partial charge in [0.15, 0.2) is 0 Å². The molecule has 0 unspecified atom stereocenters. The topological polar surface area (TPSA) is 46.5 Å². The van der Waals surface area contributed by atoms with Crippen LogP contribution < -0.4 is 0 Å². The maximum absolute atomic E-state index is 12.9. The van der Waals surface area contributed by atoms with E-state index in [0.29, 0.717) is 5.56 Å². The molecule has 3 heteroatoms. The number of esters is 1. The summed E-state index contributed by atoms with van der Waals surface area (Å²) in [4.78, 5) is 12.9. The van der Waals surface area contributed by atoms with Crippen LogP contribution in [0.4, 0.5) is 0 Å². The molecule has 1 fully saturated rings. The smallest absolute Gasteiger partial charge is 0.338 e. The highest BCUT2D eigenvalue weighted by atomic mass is 16.5. The first-order chi connectivity index (χ1) is 16.1. The molecule has 3 aromatic rings. The first kappa shape index (κ1) is 23.8. The molecule has 3 nitrogen and oxygen atoms in total. The van der Waals surface area contributed by atoms with Gasteiger partial charge in [-0.05, 0) is 76.1 Å². The zero-order chi connectivity index (χ0) is 24.5. The first-order valence-electron chi connectivity index (χ1n) is 11.9. The standard InChI is InChI=1S/C31H34O3/c1-30(2)18-24(19-31(3,4)20-30)28(22-11-14-25(32)15-12-22)23-13-16-26(21-9-7-6-8-10-21)27(17-23)29(33)34-5/h6-17,32H,18-20H2,1-5H3. The number of allylic oxidation sites excluding steroid dienone is 1. The summed E-state index contributed by atoms with van der Waals surface area (Å²) in [7, 11) is 1.43. The molecule has 0 radical (unpaired) electrons. The predicted octanol–water partition coefficient (Wildman–Crippen LogP) is 7.88. The van der Waals surface area contributed by atoms with Crippen molar-refractivity contribution in [1.29, 1.82) is 0 Å². The molecule has 1 aliphatic carbocycles. The highest BCUT2D eigenvalue weighted by molar-refractivity contribution is 5.99. The lowest BCUT2D eigenvalue weighted by molar-refractivity contribution is 0.0601. The van der Waals surface area contributed by atoms with Crippen LogP contribution >= 0.6 is 0 Å². The minimum atomic E-state index is -0.347. The fraction of sp³-hybridized carbons (Fsp3) is 0.323. The van der Waals surface area contributed by atoms with E-state index in [1.54, 1.807) is 12.1 Å². The number of hydrogen-bond donors (Lipinski definition) is 1. The molecule has 1 saturated carbocycles. The van der Waals surface area contributed by atoms with Crippen molar-refractivity contribution in [2.45, 2.75) is 47.0 Å². The van der Waals surface area contributed by atoms with Crippen molar-refractivity contribution in [3.05, 3.63) is 95.1 Å². The number of phenolic OH excluding ortho intramolecular Hbond substituents is 1. The second kappa shape index (κ2) is 9.13. The summed E-state index contributed by atoms with van der Waals surface area (Å²) in [6.45, 7) is 9.34. The lowest BCUT2D eigenvalue weighted by atomic mass is 9.62. The lowest BCUT2D eigenvalue weighted by Crippen LogP contribution is -2.30. The number of carbonyl (C=O) groups excluding carboxylic acids is 1. The highest BCUT2D eigenvalue weighted by Gasteiger charge is 2.37. The van der Waals surface area contributed by atoms with Gasteiger partial charge in [0, 0.05) is 0 Å². The maximum atomic E-state index is 12.9. The summed E-state index contributed by atoms with van der Waals surface area (Å²) in [6.07, 6.45) is 3.13. The Hall–Kier alpha value is -3.33. The minimum Gasteiger partial charge on any atom is -0.508 e. The van der Waals surface area contributed by atoms with Gasteiger partial charge in [0.25, 0.3) is 0 Å². The summed E-state index contributed by atoms with van der Waals surface area (Å²) in [6, 6.07) is 23.4. The van der Waals surface area contributed by atoms with E-state index in [4.69, 9.17) is 4.74 Å². The molecule has 0 amide bonds. The molecular weight excluding hydrogens is 420 g/mol. The average molecular weight is 455 g/mol. The van der Waals surface area contributed by atoms with E-state index in [1.165, 1.54) is 12.7 Å². The predicted molar refractivity (Wildman–Crippen MR) is 139 cm³/mol. The van der Waals surface area contributed by atoms with Gasteiger partial charge in [-0.25, -0.2) is 4.79 Å². The van der Waals surface area contributed by atoms with E-state index in [2.05, 4.69) is 33.8 Å². The molecule has 1 aliphatic rings. The Bertz CT molecular complexity index is 1200. The second-order valence-corrected chi connectivity index (χ2v) is 11.0. The molecule has 34 heavy (non-hydrogen) atoms. The molecule has 0 aromatic heterocycles. The Kier molecular flexibility index (Phi) is 6.40. The van der Waals surface area contributed by atoms with E-state index in [1.807, 2.05) is 54.6 Å². The Labute approximate surface area is 203 Å². The molecule has 0 bridgehead atoms. The van der Waals surface area contributed by atoms with E-state index in [9.17, 15) is 9.90 Å². The van der Waals surface area contributed by atoms with E-state index < -0.39 is 0 Å². The minimum absolute atomic E-state index is 0.175. The van der Waals surface area contributed by atoms with Crippen LogP contribution in [0.25, 0.3) is 16.7 Å². The van der Waals surface area contributed by atoms with Crippen LogP contribution in [0.15, 0.2) is 78.4 Å².